The van der Waals surface area contributed by atoms with E-state index in [1.165, 1.54) is 17.2 Å². The molecule has 0 saturated heterocycles. The summed E-state index contributed by atoms with van der Waals surface area (Å²) < 4.78 is 5.76. The van der Waals surface area contributed by atoms with Crippen LogP contribution in [0, 0.1) is 6.92 Å². The summed E-state index contributed by atoms with van der Waals surface area (Å²) in [5, 5.41) is 9.87. The fraction of sp³-hybridized carbons (Fsp3) is 0.115. The third-order valence-electron chi connectivity index (χ3n) is 5.64. The van der Waals surface area contributed by atoms with Crippen molar-refractivity contribution in [2.75, 3.05) is 0 Å². The largest absolute Gasteiger partial charge is 0.478 e. The second-order valence-electron chi connectivity index (χ2n) is 7.88. The van der Waals surface area contributed by atoms with E-state index in [1.54, 1.807) is 25.1 Å². The maximum atomic E-state index is 11.4. The van der Waals surface area contributed by atoms with E-state index in [2.05, 4.69) is 45.3 Å². The van der Waals surface area contributed by atoms with Crippen LogP contribution in [0.1, 0.15) is 39.5 Å². The number of carbonyl (C=O) groups is 1. The van der Waals surface area contributed by atoms with Gasteiger partial charge in [-0.3, -0.25) is 0 Å². The van der Waals surface area contributed by atoms with Gasteiger partial charge in [0.2, 0.25) is 0 Å². The normalized spacial score (nSPS) is 15.5. The average molecular weight is 458 g/mol. The zero-order valence-corrected chi connectivity index (χ0v) is 18.5. The highest BCUT2D eigenvalue weighted by Crippen LogP contribution is 2.35. The van der Waals surface area contributed by atoms with Crippen LogP contribution in [0.2, 0.25) is 5.02 Å². The summed E-state index contributed by atoms with van der Waals surface area (Å²) in [5.41, 5.74) is 5.08. The van der Waals surface area contributed by atoms with E-state index in [1.807, 2.05) is 18.2 Å². The highest BCUT2D eigenvalue weighted by atomic mass is 35.5. The minimum absolute atomic E-state index is 0.0469. The number of H-pyrrole nitrogens is 1. The van der Waals surface area contributed by atoms with E-state index < -0.39 is 5.97 Å². The van der Waals surface area contributed by atoms with Gasteiger partial charge < -0.3 is 14.8 Å². The molecule has 1 aliphatic carbocycles. The molecular formula is C26H20ClN3O3. The number of nitrogens with zero attached hydrogens (tertiary/aromatic N) is 2. The summed E-state index contributed by atoms with van der Waals surface area (Å²) in [4.78, 5) is 23.5. The van der Waals surface area contributed by atoms with Crippen molar-refractivity contribution in [3.8, 4) is 11.8 Å². The number of carboxylic acid groups (broad SMARTS) is 1. The summed E-state index contributed by atoms with van der Waals surface area (Å²) in [5.74, 6) is -0.589. The SMILES string of the molecule is Cc1ccc(Oc2nc3nc(C4C=CC(c5ccccc5)=CC4)c(Cl)cc3[nH]2)cc1C(=O)O. The lowest BCUT2D eigenvalue weighted by molar-refractivity contribution is 0.0695. The Morgan fingerprint density at radius 2 is 1.97 bits per heavy atom. The van der Waals surface area contributed by atoms with Gasteiger partial charge in [-0.05, 0) is 48.2 Å². The van der Waals surface area contributed by atoms with E-state index in [0.29, 0.717) is 27.5 Å². The van der Waals surface area contributed by atoms with Gasteiger partial charge in [0.05, 0.1) is 21.8 Å². The Labute approximate surface area is 195 Å². The van der Waals surface area contributed by atoms with Gasteiger partial charge in [-0.25, -0.2) is 9.78 Å². The Kier molecular flexibility index (Phi) is 5.44. The van der Waals surface area contributed by atoms with Crippen LogP contribution < -0.4 is 4.74 Å². The molecule has 2 N–H and O–H groups in total. The molecule has 2 heterocycles. The van der Waals surface area contributed by atoms with Crippen molar-refractivity contribution >= 4 is 34.3 Å². The number of imidazole rings is 1. The number of ether oxygens (including phenoxy) is 1. The standard InChI is InChI=1S/C26H20ClN3O3/c1-15-7-12-19(13-20(15)25(31)32)33-26-28-22-14-21(27)23(29-24(22)30-26)18-10-8-17(9-11-18)16-5-3-2-4-6-16/h2-10,12-14,18H,11H2,1H3,(H,31,32)(H,28,29,30). The van der Waals surface area contributed by atoms with Gasteiger partial charge in [0, 0.05) is 5.92 Å². The lowest BCUT2D eigenvalue weighted by atomic mass is 9.90. The Morgan fingerprint density at radius 3 is 2.70 bits per heavy atom. The van der Waals surface area contributed by atoms with E-state index in [0.717, 1.165) is 12.1 Å². The number of aryl methyl sites for hydroxylation is 1. The predicted molar refractivity (Wildman–Crippen MR) is 128 cm³/mol. The number of fused-ring (bicyclic) bond motifs is 1. The lowest BCUT2D eigenvalue weighted by Gasteiger charge is -2.17. The maximum Gasteiger partial charge on any atom is 0.336 e. The maximum absolute atomic E-state index is 11.4. The summed E-state index contributed by atoms with van der Waals surface area (Å²) >= 11 is 6.56. The molecular weight excluding hydrogens is 438 g/mol. The Morgan fingerprint density at radius 1 is 1.15 bits per heavy atom. The second kappa shape index (κ2) is 8.56. The molecule has 1 atom stereocenters. The minimum atomic E-state index is -1.01. The molecule has 4 aromatic rings. The molecule has 0 bridgehead atoms. The Balaban J connectivity index is 1.39. The number of allylic oxidation sites excluding steroid dienone is 4. The number of halogens is 1. The predicted octanol–water partition coefficient (Wildman–Crippen LogP) is 6.54. The molecule has 0 saturated carbocycles. The molecule has 164 valence electrons. The molecule has 7 heteroatoms. The number of nitrogens with one attached hydrogen (secondary N) is 1. The van der Waals surface area contributed by atoms with Crippen LogP contribution in [0.15, 0.2) is 72.8 Å². The first-order chi connectivity index (χ1) is 16.0. The topological polar surface area (TPSA) is 88.1 Å². The zero-order valence-electron chi connectivity index (χ0n) is 17.7. The number of aromatic nitrogens is 3. The van der Waals surface area contributed by atoms with Crippen molar-refractivity contribution in [3.63, 3.8) is 0 Å². The first kappa shape index (κ1) is 21.0. The minimum Gasteiger partial charge on any atom is -0.478 e. The number of pyridine rings is 1. The summed E-state index contributed by atoms with van der Waals surface area (Å²) in [6, 6.07) is 17.1. The number of hydrogen-bond donors (Lipinski definition) is 2. The molecule has 6 nitrogen and oxygen atoms in total. The van der Waals surface area contributed by atoms with Crippen molar-refractivity contribution in [3.05, 3.63) is 100 Å². The van der Waals surface area contributed by atoms with Gasteiger partial charge >= 0.3 is 12.0 Å². The number of aromatic amines is 1. The third-order valence-corrected chi connectivity index (χ3v) is 5.95. The Bertz CT molecular complexity index is 1420. The highest BCUT2D eigenvalue weighted by molar-refractivity contribution is 6.31. The third kappa shape index (κ3) is 4.25. The molecule has 0 amide bonds. The van der Waals surface area contributed by atoms with Gasteiger partial charge in [0.25, 0.3) is 0 Å². The van der Waals surface area contributed by atoms with Crippen molar-refractivity contribution in [1.82, 2.24) is 15.0 Å². The molecule has 0 radical (unpaired) electrons. The first-order valence-corrected chi connectivity index (χ1v) is 10.9. The average Bonchev–Trinajstić information content (AvgIpc) is 3.21. The molecule has 1 aliphatic rings. The number of aromatic carboxylic acids is 1. The van der Waals surface area contributed by atoms with Crippen molar-refractivity contribution in [2.24, 2.45) is 0 Å². The molecule has 33 heavy (non-hydrogen) atoms. The van der Waals surface area contributed by atoms with Crippen molar-refractivity contribution in [2.45, 2.75) is 19.3 Å². The van der Waals surface area contributed by atoms with Crippen LogP contribution in [-0.2, 0) is 0 Å². The van der Waals surface area contributed by atoms with Crippen LogP contribution in [0.3, 0.4) is 0 Å². The summed E-state index contributed by atoms with van der Waals surface area (Å²) in [7, 11) is 0. The highest BCUT2D eigenvalue weighted by Gasteiger charge is 2.19. The van der Waals surface area contributed by atoms with Gasteiger partial charge in [0.15, 0.2) is 5.65 Å². The monoisotopic (exact) mass is 457 g/mol. The molecule has 2 aromatic carbocycles. The number of hydrogen-bond acceptors (Lipinski definition) is 4. The van der Waals surface area contributed by atoms with Crippen molar-refractivity contribution in [1.29, 1.82) is 0 Å². The zero-order chi connectivity index (χ0) is 22.9. The Hall–Kier alpha value is -3.90. The number of rotatable bonds is 5. The molecule has 0 aliphatic heterocycles. The second-order valence-corrected chi connectivity index (χ2v) is 8.29. The summed E-state index contributed by atoms with van der Waals surface area (Å²) in [6.07, 6.45) is 7.20. The smallest absolute Gasteiger partial charge is 0.336 e. The van der Waals surface area contributed by atoms with Crippen molar-refractivity contribution < 1.29 is 14.6 Å². The fourth-order valence-electron chi connectivity index (χ4n) is 3.89. The summed E-state index contributed by atoms with van der Waals surface area (Å²) in [6.45, 7) is 1.74. The first-order valence-electron chi connectivity index (χ1n) is 10.5. The van der Waals surface area contributed by atoms with Crippen LogP contribution >= 0.6 is 11.6 Å². The quantitative estimate of drug-likeness (QED) is 0.355. The van der Waals surface area contributed by atoms with Crippen LogP contribution in [0.25, 0.3) is 16.7 Å². The molecule has 2 aromatic heterocycles. The number of carboxylic acids is 1. The van der Waals surface area contributed by atoms with E-state index in [4.69, 9.17) is 16.3 Å². The molecule has 0 spiro atoms. The lowest BCUT2D eigenvalue weighted by Crippen LogP contribution is -2.02. The van der Waals surface area contributed by atoms with E-state index in [9.17, 15) is 9.90 Å². The van der Waals surface area contributed by atoms with E-state index in [-0.39, 0.29) is 17.5 Å². The molecule has 1 unspecified atom stereocenters. The van der Waals surface area contributed by atoms with Gasteiger partial charge in [0.1, 0.15) is 5.75 Å². The number of benzene rings is 2. The van der Waals surface area contributed by atoms with Crippen LogP contribution in [-0.4, -0.2) is 26.0 Å². The van der Waals surface area contributed by atoms with Gasteiger partial charge in [-0.1, -0.05) is 66.2 Å². The van der Waals surface area contributed by atoms with Crippen LogP contribution in [0.5, 0.6) is 11.8 Å². The van der Waals surface area contributed by atoms with Crippen LogP contribution in [0.4, 0.5) is 0 Å². The van der Waals surface area contributed by atoms with Gasteiger partial charge in [-0.2, -0.15) is 4.98 Å². The van der Waals surface area contributed by atoms with E-state index >= 15 is 0 Å². The fourth-order valence-corrected chi connectivity index (χ4v) is 4.18. The molecule has 0 fully saturated rings. The molecule has 5 rings (SSSR count). The van der Waals surface area contributed by atoms with Gasteiger partial charge in [-0.15, -0.1) is 0 Å².